The van der Waals surface area contributed by atoms with Crippen molar-refractivity contribution >= 4 is 22.5 Å². The second kappa shape index (κ2) is 4.94. The average molecular weight is 263 g/mol. The molecule has 96 valence electrons. The van der Waals surface area contributed by atoms with Crippen molar-refractivity contribution in [3.8, 4) is 0 Å². The Kier molecular flexibility index (Phi) is 3.31. The molecule has 0 aliphatic carbocycles. The Labute approximate surface area is 113 Å². The summed E-state index contributed by atoms with van der Waals surface area (Å²) in [6, 6.07) is 6.83. The zero-order valence-corrected chi connectivity index (χ0v) is 11.5. The number of nitrogens with one attached hydrogen (secondary N) is 1. The van der Waals surface area contributed by atoms with Gasteiger partial charge in [-0.1, -0.05) is 24.1 Å². The van der Waals surface area contributed by atoms with Gasteiger partial charge in [0.05, 0.1) is 0 Å². The van der Waals surface area contributed by atoms with Crippen LogP contribution in [0, 0.1) is 0 Å². The Morgan fingerprint density at radius 2 is 2.28 bits per heavy atom. The number of nitrogens with zero attached hydrogens (tertiary/aromatic N) is 1. The summed E-state index contributed by atoms with van der Waals surface area (Å²) in [4.78, 5) is 0. The van der Waals surface area contributed by atoms with Crippen LogP contribution in [0.15, 0.2) is 24.4 Å². The van der Waals surface area contributed by atoms with Crippen LogP contribution in [0.4, 0.5) is 0 Å². The quantitative estimate of drug-likeness (QED) is 0.876. The van der Waals surface area contributed by atoms with Crippen molar-refractivity contribution in [2.75, 3.05) is 6.54 Å². The maximum atomic E-state index is 6.07. The molecule has 3 heteroatoms. The summed E-state index contributed by atoms with van der Waals surface area (Å²) >= 11 is 6.07. The summed E-state index contributed by atoms with van der Waals surface area (Å²) in [6.07, 6.45) is 7.34. The number of hydrogen-bond acceptors (Lipinski definition) is 1. The van der Waals surface area contributed by atoms with E-state index in [0.29, 0.717) is 6.04 Å². The number of halogens is 1. The monoisotopic (exact) mass is 262 g/mol. The van der Waals surface area contributed by atoms with Crippen LogP contribution in [0.25, 0.3) is 10.9 Å². The lowest BCUT2D eigenvalue weighted by molar-refractivity contribution is 0.400. The van der Waals surface area contributed by atoms with Gasteiger partial charge in [-0.2, -0.15) is 0 Å². The molecular formula is C15H19ClN2. The number of fused-ring (bicyclic) bond motifs is 1. The zero-order chi connectivity index (χ0) is 12.5. The Bertz CT molecular complexity index is 553. The second-order valence-corrected chi connectivity index (χ2v) is 5.71. The summed E-state index contributed by atoms with van der Waals surface area (Å²) in [5.41, 5.74) is 2.66. The van der Waals surface area contributed by atoms with Gasteiger partial charge >= 0.3 is 0 Å². The van der Waals surface area contributed by atoms with Gasteiger partial charge in [0.25, 0.3) is 0 Å². The largest absolute Gasteiger partial charge is 0.350 e. The Balaban J connectivity index is 1.91. The third-order valence-electron chi connectivity index (χ3n) is 3.91. The van der Waals surface area contributed by atoms with Crippen molar-refractivity contribution < 1.29 is 0 Å². The highest BCUT2D eigenvalue weighted by molar-refractivity contribution is 6.31. The van der Waals surface area contributed by atoms with Gasteiger partial charge in [-0.05, 0) is 43.5 Å². The predicted molar refractivity (Wildman–Crippen MR) is 77.3 cm³/mol. The standard InChI is InChI=1S/C15H19ClN2/c1-18-10-11(8-13-4-2-3-7-17-13)14-6-5-12(16)9-15(14)18/h5-6,9-10,13,17H,2-4,7-8H2,1H3. The van der Waals surface area contributed by atoms with Crippen molar-refractivity contribution in [3.63, 3.8) is 0 Å². The lowest BCUT2D eigenvalue weighted by Gasteiger charge is -2.23. The van der Waals surface area contributed by atoms with Crippen molar-refractivity contribution in [2.24, 2.45) is 7.05 Å². The zero-order valence-electron chi connectivity index (χ0n) is 10.7. The minimum atomic E-state index is 0.639. The highest BCUT2D eigenvalue weighted by atomic mass is 35.5. The molecule has 18 heavy (non-hydrogen) atoms. The number of piperidine rings is 1. The van der Waals surface area contributed by atoms with E-state index in [0.717, 1.165) is 11.4 Å². The Hall–Kier alpha value is -0.990. The molecule has 2 heterocycles. The van der Waals surface area contributed by atoms with Gasteiger partial charge in [0.1, 0.15) is 0 Å². The van der Waals surface area contributed by atoms with Gasteiger partial charge in [-0.25, -0.2) is 0 Å². The topological polar surface area (TPSA) is 17.0 Å². The van der Waals surface area contributed by atoms with Crippen LogP contribution in [-0.2, 0) is 13.5 Å². The molecule has 1 N–H and O–H groups in total. The predicted octanol–water partition coefficient (Wildman–Crippen LogP) is 3.52. The van der Waals surface area contributed by atoms with Crippen molar-refractivity contribution in [1.82, 2.24) is 9.88 Å². The van der Waals surface area contributed by atoms with Crippen LogP contribution in [0.5, 0.6) is 0 Å². The van der Waals surface area contributed by atoms with E-state index in [2.05, 4.69) is 35.3 Å². The lowest BCUT2D eigenvalue weighted by atomic mass is 9.97. The van der Waals surface area contributed by atoms with E-state index in [1.54, 1.807) is 0 Å². The first-order valence-corrected chi connectivity index (χ1v) is 7.08. The van der Waals surface area contributed by atoms with Gasteiger partial charge in [0.15, 0.2) is 0 Å². The maximum absolute atomic E-state index is 6.07. The van der Waals surface area contributed by atoms with E-state index in [4.69, 9.17) is 11.6 Å². The van der Waals surface area contributed by atoms with Crippen LogP contribution < -0.4 is 5.32 Å². The molecule has 0 amide bonds. The average Bonchev–Trinajstić information content (AvgIpc) is 2.67. The maximum Gasteiger partial charge on any atom is 0.0495 e. The Morgan fingerprint density at radius 1 is 1.39 bits per heavy atom. The fourth-order valence-corrected chi connectivity index (χ4v) is 3.13. The molecule has 1 atom stereocenters. The summed E-state index contributed by atoms with van der Waals surface area (Å²) in [7, 11) is 2.09. The van der Waals surface area contributed by atoms with E-state index < -0.39 is 0 Å². The van der Waals surface area contributed by atoms with Gasteiger partial charge in [-0.15, -0.1) is 0 Å². The number of aromatic nitrogens is 1. The van der Waals surface area contributed by atoms with Gasteiger partial charge in [0.2, 0.25) is 0 Å². The fraction of sp³-hybridized carbons (Fsp3) is 0.467. The Morgan fingerprint density at radius 3 is 3.06 bits per heavy atom. The third-order valence-corrected chi connectivity index (χ3v) is 4.15. The van der Waals surface area contributed by atoms with Gasteiger partial charge in [0, 0.05) is 35.2 Å². The lowest BCUT2D eigenvalue weighted by Crippen LogP contribution is -2.35. The number of benzene rings is 1. The molecule has 0 radical (unpaired) electrons. The highest BCUT2D eigenvalue weighted by Gasteiger charge is 2.15. The van der Waals surface area contributed by atoms with Crippen molar-refractivity contribution in [1.29, 1.82) is 0 Å². The summed E-state index contributed by atoms with van der Waals surface area (Å²) < 4.78 is 2.18. The molecule has 1 aromatic carbocycles. The summed E-state index contributed by atoms with van der Waals surface area (Å²) in [5.74, 6) is 0. The molecule has 1 aliphatic rings. The van der Waals surface area contributed by atoms with Gasteiger partial charge < -0.3 is 9.88 Å². The SMILES string of the molecule is Cn1cc(CC2CCCCN2)c2ccc(Cl)cc21. The van der Waals surface area contributed by atoms with E-state index in [9.17, 15) is 0 Å². The number of hydrogen-bond donors (Lipinski definition) is 1. The molecular weight excluding hydrogens is 244 g/mol. The normalized spacial score (nSPS) is 20.4. The smallest absolute Gasteiger partial charge is 0.0495 e. The van der Waals surface area contributed by atoms with Crippen molar-refractivity contribution in [3.05, 3.63) is 35.0 Å². The van der Waals surface area contributed by atoms with Crippen molar-refractivity contribution in [2.45, 2.75) is 31.7 Å². The van der Waals surface area contributed by atoms with Crippen LogP contribution in [0.2, 0.25) is 5.02 Å². The fourth-order valence-electron chi connectivity index (χ4n) is 2.97. The molecule has 0 bridgehead atoms. The molecule has 1 aromatic heterocycles. The second-order valence-electron chi connectivity index (χ2n) is 5.28. The molecule has 1 saturated heterocycles. The highest BCUT2D eigenvalue weighted by Crippen LogP contribution is 2.26. The first-order valence-electron chi connectivity index (χ1n) is 6.71. The molecule has 0 saturated carbocycles. The molecule has 2 aromatic rings. The molecule has 1 aliphatic heterocycles. The van der Waals surface area contributed by atoms with E-state index in [-0.39, 0.29) is 0 Å². The first kappa shape index (κ1) is 12.1. The molecule has 0 spiro atoms. The number of rotatable bonds is 2. The van der Waals surface area contributed by atoms with E-state index >= 15 is 0 Å². The van der Waals surface area contributed by atoms with Crippen LogP contribution in [0.3, 0.4) is 0 Å². The van der Waals surface area contributed by atoms with Crippen LogP contribution in [0.1, 0.15) is 24.8 Å². The summed E-state index contributed by atoms with van der Waals surface area (Å²) in [6.45, 7) is 1.17. The molecule has 1 fully saturated rings. The minimum Gasteiger partial charge on any atom is -0.350 e. The van der Waals surface area contributed by atoms with Crippen LogP contribution >= 0.6 is 11.6 Å². The van der Waals surface area contributed by atoms with Gasteiger partial charge in [-0.3, -0.25) is 0 Å². The van der Waals surface area contributed by atoms with E-state index in [1.165, 1.54) is 42.3 Å². The number of aryl methyl sites for hydroxylation is 1. The van der Waals surface area contributed by atoms with E-state index in [1.807, 2.05) is 6.07 Å². The minimum absolute atomic E-state index is 0.639. The molecule has 2 nitrogen and oxygen atoms in total. The third kappa shape index (κ3) is 2.27. The molecule has 3 rings (SSSR count). The molecule has 1 unspecified atom stereocenters. The van der Waals surface area contributed by atoms with Crippen LogP contribution in [-0.4, -0.2) is 17.2 Å². The first-order chi connectivity index (χ1) is 8.74. The summed E-state index contributed by atoms with van der Waals surface area (Å²) in [5, 5.41) is 5.77.